The van der Waals surface area contributed by atoms with Crippen LogP contribution < -0.4 is 15.7 Å². The van der Waals surface area contributed by atoms with Crippen molar-refractivity contribution >= 4 is 28.7 Å². The highest BCUT2D eigenvalue weighted by atomic mass is 35.5. The fraction of sp³-hybridized carbons (Fsp3) is 0.136. The summed E-state index contributed by atoms with van der Waals surface area (Å²) in [5, 5.41) is 2.93. The van der Waals surface area contributed by atoms with Gasteiger partial charge in [0.05, 0.1) is 18.3 Å². The number of hydrogen-bond acceptors (Lipinski definition) is 4. The van der Waals surface area contributed by atoms with Crippen molar-refractivity contribution in [2.45, 2.75) is 13.1 Å². The molecule has 0 aliphatic carbocycles. The minimum atomic E-state index is -0.453. The van der Waals surface area contributed by atoms with E-state index < -0.39 is 11.5 Å². The first-order chi connectivity index (χ1) is 15.0. The molecule has 0 saturated heterocycles. The largest absolute Gasteiger partial charge is 0.497 e. The Morgan fingerprint density at radius 1 is 1.19 bits per heavy atom. The normalized spacial score (nSPS) is 10.9. The molecule has 9 heteroatoms. The van der Waals surface area contributed by atoms with E-state index >= 15 is 0 Å². The molecule has 4 aromatic rings. The van der Waals surface area contributed by atoms with Gasteiger partial charge in [-0.3, -0.25) is 9.36 Å². The third-order valence-electron chi connectivity index (χ3n) is 4.81. The average Bonchev–Trinajstić information content (AvgIpc) is 3.04. The second kappa shape index (κ2) is 8.61. The molecule has 0 fully saturated rings. The lowest BCUT2D eigenvalue weighted by molar-refractivity contribution is -0.121. The maximum absolute atomic E-state index is 13.2. The van der Waals surface area contributed by atoms with E-state index in [1.54, 1.807) is 49.7 Å². The average molecular weight is 441 g/mol. The van der Waals surface area contributed by atoms with Crippen LogP contribution in [0.5, 0.6) is 5.75 Å². The van der Waals surface area contributed by atoms with Crippen molar-refractivity contribution in [3.05, 3.63) is 87.7 Å². The lowest BCUT2D eigenvalue weighted by atomic mass is 10.2. The molecule has 0 saturated carbocycles. The number of aromatic nitrogens is 3. The van der Waals surface area contributed by atoms with Crippen LogP contribution in [-0.2, 0) is 17.9 Å². The van der Waals surface area contributed by atoms with E-state index in [4.69, 9.17) is 16.3 Å². The Labute approximate surface area is 181 Å². The van der Waals surface area contributed by atoms with Crippen LogP contribution >= 0.6 is 11.6 Å². The van der Waals surface area contributed by atoms with E-state index in [1.807, 2.05) is 0 Å². The molecule has 2 heterocycles. The Morgan fingerprint density at radius 3 is 2.68 bits per heavy atom. The summed E-state index contributed by atoms with van der Waals surface area (Å²) >= 11 is 6.00. The first-order valence-corrected chi connectivity index (χ1v) is 9.77. The number of nitrogens with zero attached hydrogens (tertiary/aromatic N) is 3. The minimum absolute atomic E-state index is 0.113. The summed E-state index contributed by atoms with van der Waals surface area (Å²) in [7, 11) is 1.56. The fourth-order valence-corrected chi connectivity index (χ4v) is 3.50. The van der Waals surface area contributed by atoms with E-state index in [1.165, 1.54) is 27.3 Å². The Kier molecular flexibility index (Phi) is 5.73. The summed E-state index contributed by atoms with van der Waals surface area (Å²) in [6, 6.07) is 14.4. The van der Waals surface area contributed by atoms with E-state index in [0.717, 1.165) is 0 Å². The van der Waals surface area contributed by atoms with E-state index in [-0.39, 0.29) is 24.0 Å². The van der Waals surface area contributed by atoms with Gasteiger partial charge in [-0.25, -0.2) is 18.7 Å². The second-order valence-electron chi connectivity index (χ2n) is 6.76. The number of fused-ring (bicyclic) bond motifs is 1. The van der Waals surface area contributed by atoms with Gasteiger partial charge in [-0.05, 0) is 54.1 Å². The van der Waals surface area contributed by atoms with Crippen LogP contribution in [-0.4, -0.2) is 27.1 Å². The summed E-state index contributed by atoms with van der Waals surface area (Å²) < 4.78 is 21.2. The molecule has 0 atom stereocenters. The molecular formula is C22H18ClFN4O3. The molecule has 0 radical (unpaired) electrons. The number of halogens is 2. The molecule has 31 heavy (non-hydrogen) atoms. The molecule has 7 nitrogen and oxygen atoms in total. The van der Waals surface area contributed by atoms with Crippen LogP contribution in [0.1, 0.15) is 5.56 Å². The summed E-state index contributed by atoms with van der Waals surface area (Å²) in [4.78, 5) is 30.0. The monoisotopic (exact) mass is 440 g/mol. The molecule has 2 aromatic heterocycles. The SMILES string of the molecule is COc1ccc(-n2c(=O)n(CC(=O)NCc3ccc(F)cc3Cl)c3cccnc32)cc1. The van der Waals surface area contributed by atoms with Crippen molar-refractivity contribution in [1.82, 2.24) is 19.4 Å². The van der Waals surface area contributed by atoms with Crippen molar-refractivity contribution in [1.29, 1.82) is 0 Å². The van der Waals surface area contributed by atoms with Gasteiger partial charge in [0, 0.05) is 17.8 Å². The van der Waals surface area contributed by atoms with Crippen LogP contribution in [0, 0.1) is 5.82 Å². The third kappa shape index (κ3) is 4.15. The zero-order valence-corrected chi connectivity index (χ0v) is 17.3. The molecule has 0 aliphatic heterocycles. The van der Waals surface area contributed by atoms with Crippen LogP contribution in [0.15, 0.2) is 65.6 Å². The van der Waals surface area contributed by atoms with Crippen molar-refractivity contribution in [2.24, 2.45) is 0 Å². The predicted octanol–water partition coefficient (Wildman–Crippen LogP) is 3.30. The van der Waals surface area contributed by atoms with Gasteiger partial charge in [-0.2, -0.15) is 0 Å². The number of carbonyl (C=O) groups is 1. The van der Waals surface area contributed by atoms with Gasteiger partial charge in [0.1, 0.15) is 18.1 Å². The quantitative estimate of drug-likeness (QED) is 0.499. The lowest BCUT2D eigenvalue weighted by Crippen LogP contribution is -2.32. The lowest BCUT2D eigenvalue weighted by Gasteiger charge is -2.08. The Balaban J connectivity index is 1.62. The van der Waals surface area contributed by atoms with Gasteiger partial charge in [0.15, 0.2) is 5.65 Å². The molecule has 0 bridgehead atoms. The van der Waals surface area contributed by atoms with E-state index in [9.17, 15) is 14.0 Å². The third-order valence-corrected chi connectivity index (χ3v) is 5.17. The second-order valence-corrected chi connectivity index (χ2v) is 7.17. The predicted molar refractivity (Wildman–Crippen MR) is 115 cm³/mol. The summed E-state index contributed by atoms with van der Waals surface area (Å²) in [5.74, 6) is -0.182. The number of hydrogen-bond donors (Lipinski definition) is 1. The number of carbonyl (C=O) groups excluding carboxylic acids is 1. The van der Waals surface area contributed by atoms with E-state index in [2.05, 4.69) is 10.3 Å². The summed E-state index contributed by atoms with van der Waals surface area (Å²) in [5.41, 5.74) is 1.75. The molecule has 1 amide bonds. The fourth-order valence-electron chi connectivity index (χ4n) is 3.26. The summed E-state index contributed by atoms with van der Waals surface area (Å²) in [6.07, 6.45) is 1.59. The number of rotatable bonds is 6. The van der Waals surface area contributed by atoms with Gasteiger partial charge in [0.25, 0.3) is 0 Å². The van der Waals surface area contributed by atoms with Crippen LogP contribution in [0.3, 0.4) is 0 Å². The zero-order chi connectivity index (χ0) is 22.0. The maximum atomic E-state index is 13.2. The van der Waals surface area contributed by atoms with Gasteiger partial charge < -0.3 is 10.1 Å². The van der Waals surface area contributed by atoms with Gasteiger partial charge in [-0.15, -0.1) is 0 Å². The van der Waals surface area contributed by atoms with Gasteiger partial charge in [-0.1, -0.05) is 17.7 Å². The summed E-state index contributed by atoms with van der Waals surface area (Å²) in [6.45, 7) is -0.0922. The van der Waals surface area contributed by atoms with Crippen molar-refractivity contribution in [3.63, 3.8) is 0 Å². The number of ether oxygens (including phenoxy) is 1. The molecule has 4 rings (SSSR count). The topological polar surface area (TPSA) is 78.1 Å². The standard InChI is InChI=1S/C22H18ClFN4O3/c1-31-17-8-6-16(7-9-17)28-21-19(3-2-10-25-21)27(22(28)30)13-20(29)26-12-14-4-5-15(24)11-18(14)23/h2-11H,12-13H2,1H3,(H,26,29). The van der Waals surface area contributed by atoms with Crippen LogP contribution in [0.4, 0.5) is 4.39 Å². The highest BCUT2D eigenvalue weighted by Gasteiger charge is 2.18. The smallest absolute Gasteiger partial charge is 0.335 e. The van der Waals surface area contributed by atoms with Crippen molar-refractivity contribution < 1.29 is 13.9 Å². The van der Waals surface area contributed by atoms with Gasteiger partial charge >= 0.3 is 5.69 Å². The Bertz CT molecular complexity index is 1310. The maximum Gasteiger partial charge on any atom is 0.335 e. The molecule has 158 valence electrons. The highest BCUT2D eigenvalue weighted by molar-refractivity contribution is 6.31. The van der Waals surface area contributed by atoms with Crippen molar-refractivity contribution in [3.8, 4) is 11.4 Å². The number of pyridine rings is 1. The van der Waals surface area contributed by atoms with Crippen molar-refractivity contribution in [2.75, 3.05) is 7.11 Å². The zero-order valence-electron chi connectivity index (χ0n) is 16.5. The highest BCUT2D eigenvalue weighted by Crippen LogP contribution is 2.19. The van der Waals surface area contributed by atoms with E-state index in [0.29, 0.717) is 28.2 Å². The number of benzene rings is 2. The first-order valence-electron chi connectivity index (χ1n) is 9.39. The van der Waals surface area contributed by atoms with Gasteiger partial charge in [0.2, 0.25) is 5.91 Å². The molecular weight excluding hydrogens is 423 g/mol. The van der Waals surface area contributed by atoms with Crippen LogP contribution in [0.2, 0.25) is 5.02 Å². The molecule has 0 spiro atoms. The first kappa shape index (κ1) is 20.6. The minimum Gasteiger partial charge on any atom is -0.497 e. The number of nitrogens with one attached hydrogen (secondary N) is 1. The molecule has 0 aliphatic rings. The number of amides is 1. The Morgan fingerprint density at radius 2 is 1.97 bits per heavy atom. The number of imidazole rings is 1. The molecule has 0 unspecified atom stereocenters. The van der Waals surface area contributed by atoms with Crippen LogP contribution in [0.25, 0.3) is 16.9 Å². The Hall–Kier alpha value is -3.65. The number of methoxy groups -OCH3 is 1. The molecule has 1 N–H and O–H groups in total. The molecule has 2 aromatic carbocycles.